The Kier molecular flexibility index (Phi) is 5.65. The maximum Gasteiger partial charge on any atom is 0.308 e. The summed E-state index contributed by atoms with van der Waals surface area (Å²) >= 11 is 0. The minimum absolute atomic E-state index is 0.0992. The van der Waals surface area contributed by atoms with Crippen LogP contribution in [0.15, 0.2) is 30.6 Å². The highest BCUT2D eigenvalue weighted by Crippen LogP contribution is 2.35. The van der Waals surface area contributed by atoms with Crippen LogP contribution in [0.2, 0.25) is 0 Å². The average Bonchev–Trinajstić information content (AvgIpc) is 3.29. The highest BCUT2D eigenvalue weighted by Gasteiger charge is 2.30. The average molecular weight is 452 g/mol. The van der Waals surface area contributed by atoms with Crippen LogP contribution in [0.3, 0.4) is 0 Å². The molecule has 2 fully saturated rings. The number of aromatic nitrogens is 4. The zero-order valence-electron chi connectivity index (χ0n) is 18.7. The van der Waals surface area contributed by atoms with Gasteiger partial charge in [-0.05, 0) is 43.5 Å². The molecule has 174 valence electrons. The molecule has 10 heteroatoms. The first-order chi connectivity index (χ1) is 16.0. The number of esters is 1. The van der Waals surface area contributed by atoms with Gasteiger partial charge in [-0.15, -0.1) is 0 Å². The summed E-state index contributed by atoms with van der Waals surface area (Å²) in [6.45, 7) is 3.14. The SMILES string of the molecule is COC(=O)C1CCCC(n2cnc3c(N)nc(N4CCN(c5ccc(O)cc5)CC4)nc32)C1. The number of imidazole rings is 1. The summed E-state index contributed by atoms with van der Waals surface area (Å²) in [4.78, 5) is 30.4. The second kappa shape index (κ2) is 8.76. The van der Waals surface area contributed by atoms with Crippen LogP contribution in [-0.2, 0) is 9.53 Å². The lowest BCUT2D eigenvalue weighted by atomic mass is 9.85. The van der Waals surface area contributed by atoms with Crippen LogP contribution in [0.25, 0.3) is 11.2 Å². The van der Waals surface area contributed by atoms with Crippen molar-refractivity contribution in [1.82, 2.24) is 19.5 Å². The van der Waals surface area contributed by atoms with Crippen molar-refractivity contribution in [2.75, 3.05) is 48.8 Å². The fourth-order valence-electron chi connectivity index (χ4n) is 4.96. The number of hydrogen-bond donors (Lipinski definition) is 2. The van der Waals surface area contributed by atoms with Gasteiger partial charge >= 0.3 is 5.97 Å². The minimum atomic E-state index is -0.148. The number of fused-ring (bicyclic) bond motifs is 1. The Balaban J connectivity index is 1.36. The summed E-state index contributed by atoms with van der Waals surface area (Å²) in [5.74, 6) is 0.993. The van der Waals surface area contributed by atoms with E-state index in [1.807, 2.05) is 12.1 Å². The second-order valence-corrected chi connectivity index (χ2v) is 8.76. The van der Waals surface area contributed by atoms with E-state index in [1.54, 1.807) is 18.5 Å². The number of ether oxygens (including phenoxy) is 1. The Labute approximate surface area is 192 Å². The molecule has 1 saturated heterocycles. The van der Waals surface area contributed by atoms with Crippen molar-refractivity contribution in [3.8, 4) is 5.75 Å². The van der Waals surface area contributed by atoms with Gasteiger partial charge in [0.1, 0.15) is 11.3 Å². The summed E-state index contributed by atoms with van der Waals surface area (Å²) in [7, 11) is 1.44. The Hall–Kier alpha value is -3.56. The molecule has 1 aromatic carbocycles. The lowest BCUT2D eigenvalue weighted by Crippen LogP contribution is -2.47. The van der Waals surface area contributed by atoms with Crippen molar-refractivity contribution < 1.29 is 14.6 Å². The summed E-state index contributed by atoms with van der Waals surface area (Å²) in [5, 5.41) is 9.53. The van der Waals surface area contributed by atoms with E-state index < -0.39 is 0 Å². The maximum atomic E-state index is 12.1. The van der Waals surface area contributed by atoms with Crippen LogP contribution in [0.1, 0.15) is 31.7 Å². The number of methoxy groups -OCH3 is 1. The second-order valence-electron chi connectivity index (χ2n) is 8.76. The standard InChI is InChI=1S/C23H29N7O3/c1-33-22(32)15-3-2-4-17(13-15)30-14-25-19-20(24)26-23(27-21(19)30)29-11-9-28(10-12-29)16-5-7-18(31)8-6-16/h5-8,14-15,17,31H,2-4,9-13H2,1H3,(H2,24,26,27). The Morgan fingerprint density at radius 1 is 1.09 bits per heavy atom. The Morgan fingerprint density at radius 3 is 2.55 bits per heavy atom. The number of aromatic hydroxyl groups is 1. The molecule has 0 spiro atoms. The molecular weight excluding hydrogens is 422 g/mol. The van der Waals surface area contributed by atoms with Crippen LogP contribution >= 0.6 is 0 Å². The number of phenolic OH excluding ortho intramolecular Hbond substituents is 1. The molecule has 2 unspecified atom stereocenters. The molecule has 5 rings (SSSR count). The third-order valence-electron chi connectivity index (χ3n) is 6.79. The lowest BCUT2D eigenvalue weighted by Gasteiger charge is -2.36. The highest BCUT2D eigenvalue weighted by atomic mass is 16.5. The molecule has 2 aromatic heterocycles. The number of rotatable bonds is 4. The zero-order chi connectivity index (χ0) is 22.9. The number of carbonyl (C=O) groups excluding carboxylic acids is 1. The summed E-state index contributed by atoms with van der Waals surface area (Å²) in [6.07, 6.45) is 5.25. The first kappa shape index (κ1) is 21.3. The van der Waals surface area contributed by atoms with Crippen LogP contribution in [0.4, 0.5) is 17.5 Å². The van der Waals surface area contributed by atoms with E-state index in [0.29, 0.717) is 29.4 Å². The van der Waals surface area contributed by atoms with Gasteiger partial charge in [-0.2, -0.15) is 9.97 Å². The van der Waals surface area contributed by atoms with Gasteiger partial charge in [0.25, 0.3) is 0 Å². The summed E-state index contributed by atoms with van der Waals surface area (Å²) in [5.41, 5.74) is 8.67. The van der Waals surface area contributed by atoms with Gasteiger partial charge in [0.05, 0.1) is 19.4 Å². The van der Waals surface area contributed by atoms with Crippen LogP contribution in [0.5, 0.6) is 5.75 Å². The summed E-state index contributed by atoms with van der Waals surface area (Å²) in [6, 6.07) is 7.39. The third kappa shape index (κ3) is 4.12. The fourth-order valence-corrected chi connectivity index (χ4v) is 4.96. The number of benzene rings is 1. The van der Waals surface area contributed by atoms with E-state index >= 15 is 0 Å². The topological polar surface area (TPSA) is 123 Å². The molecule has 1 aliphatic heterocycles. The molecule has 0 amide bonds. The van der Waals surface area contributed by atoms with Crippen molar-refractivity contribution in [1.29, 1.82) is 0 Å². The first-order valence-electron chi connectivity index (χ1n) is 11.4. The van der Waals surface area contributed by atoms with E-state index in [4.69, 9.17) is 15.5 Å². The number of anilines is 3. The zero-order valence-corrected chi connectivity index (χ0v) is 18.7. The van der Waals surface area contributed by atoms with Crippen molar-refractivity contribution in [3.05, 3.63) is 30.6 Å². The van der Waals surface area contributed by atoms with E-state index in [-0.39, 0.29) is 23.7 Å². The predicted octanol–water partition coefficient (Wildman–Crippen LogP) is 2.34. The molecule has 1 saturated carbocycles. The molecule has 10 nitrogen and oxygen atoms in total. The fraction of sp³-hybridized carbons (Fsp3) is 0.478. The van der Waals surface area contributed by atoms with Gasteiger partial charge in [0.2, 0.25) is 5.95 Å². The lowest BCUT2D eigenvalue weighted by molar-refractivity contribution is -0.147. The van der Waals surface area contributed by atoms with Crippen molar-refractivity contribution in [3.63, 3.8) is 0 Å². The van der Waals surface area contributed by atoms with Crippen molar-refractivity contribution >= 4 is 34.6 Å². The molecule has 1 aliphatic carbocycles. The van der Waals surface area contributed by atoms with Crippen molar-refractivity contribution in [2.24, 2.45) is 5.92 Å². The van der Waals surface area contributed by atoms with Crippen LogP contribution < -0.4 is 15.5 Å². The maximum absolute atomic E-state index is 12.1. The van der Waals surface area contributed by atoms with Gasteiger partial charge in [-0.1, -0.05) is 6.42 Å². The number of carbonyl (C=O) groups is 1. The van der Waals surface area contributed by atoms with Gasteiger partial charge in [-0.3, -0.25) is 4.79 Å². The van der Waals surface area contributed by atoms with Gasteiger partial charge < -0.3 is 29.9 Å². The number of piperazine rings is 1. The highest BCUT2D eigenvalue weighted by molar-refractivity contribution is 5.83. The number of phenols is 1. The monoisotopic (exact) mass is 451 g/mol. The van der Waals surface area contributed by atoms with E-state index in [0.717, 1.165) is 51.1 Å². The molecule has 2 atom stereocenters. The van der Waals surface area contributed by atoms with Crippen LogP contribution in [0, 0.1) is 5.92 Å². The van der Waals surface area contributed by atoms with Gasteiger partial charge in [-0.25, -0.2) is 4.98 Å². The van der Waals surface area contributed by atoms with E-state index in [1.165, 1.54) is 7.11 Å². The summed E-state index contributed by atoms with van der Waals surface area (Å²) < 4.78 is 7.03. The minimum Gasteiger partial charge on any atom is -0.508 e. The van der Waals surface area contributed by atoms with Crippen molar-refractivity contribution in [2.45, 2.75) is 31.7 Å². The number of hydrogen-bond acceptors (Lipinski definition) is 9. The largest absolute Gasteiger partial charge is 0.508 e. The van der Waals surface area contributed by atoms with Gasteiger partial charge in [0, 0.05) is 37.9 Å². The molecule has 2 aliphatic rings. The van der Waals surface area contributed by atoms with Crippen LogP contribution in [-0.4, -0.2) is 63.9 Å². The first-order valence-corrected chi connectivity index (χ1v) is 11.4. The molecule has 3 aromatic rings. The molecular formula is C23H29N7O3. The smallest absolute Gasteiger partial charge is 0.308 e. The quantitative estimate of drug-likeness (QED) is 0.575. The predicted molar refractivity (Wildman–Crippen MR) is 125 cm³/mol. The Bertz CT molecular complexity index is 1140. The molecule has 0 radical (unpaired) electrons. The van der Waals surface area contributed by atoms with E-state index in [9.17, 15) is 9.90 Å². The van der Waals surface area contributed by atoms with Gasteiger partial charge in [0.15, 0.2) is 11.5 Å². The third-order valence-corrected chi connectivity index (χ3v) is 6.79. The molecule has 33 heavy (non-hydrogen) atoms. The van der Waals surface area contributed by atoms with E-state index in [2.05, 4.69) is 24.3 Å². The Morgan fingerprint density at radius 2 is 1.82 bits per heavy atom. The normalized spacial score (nSPS) is 21.4. The number of nitrogen functional groups attached to an aromatic ring is 1. The molecule has 3 N–H and O–H groups in total. The molecule has 3 heterocycles. The number of nitrogens with two attached hydrogens (primary N) is 1. The molecule has 0 bridgehead atoms. The number of nitrogens with zero attached hydrogens (tertiary/aromatic N) is 6.